The molecule has 18 heavy (non-hydrogen) atoms. The van der Waals surface area contributed by atoms with Gasteiger partial charge in [-0.3, -0.25) is 0 Å². The summed E-state index contributed by atoms with van der Waals surface area (Å²) in [5.74, 6) is 0.997. The lowest BCUT2D eigenvalue weighted by atomic mass is 9.86. The van der Waals surface area contributed by atoms with E-state index < -0.39 is 11.1 Å². The van der Waals surface area contributed by atoms with Crippen molar-refractivity contribution in [1.29, 1.82) is 0 Å². The van der Waals surface area contributed by atoms with Crippen LogP contribution in [0.4, 0.5) is 5.95 Å². The number of aromatic nitrogens is 2. The van der Waals surface area contributed by atoms with Gasteiger partial charge in [0, 0.05) is 12.3 Å². The van der Waals surface area contributed by atoms with E-state index in [2.05, 4.69) is 15.3 Å². The SMILES string of the molecule is CCCOc1ccnc(NC(C)(C)C(C)(C)O)n1. The van der Waals surface area contributed by atoms with Crippen molar-refractivity contribution in [3.8, 4) is 5.88 Å². The minimum atomic E-state index is -0.892. The van der Waals surface area contributed by atoms with Crippen LogP contribution in [0.2, 0.25) is 0 Å². The van der Waals surface area contributed by atoms with Gasteiger partial charge in [0.15, 0.2) is 0 Å². The predicted octanol–water partition coefficient (Wildman–Crippen LogP) is 2.23. The summed E-state index contributed by atoms with van der Waals surface area (Å²) in [6.07, 6.45) is 2.57. The zero-order chi connectivity index (χ0) is 13.8. The molecular formula is C13H23N3O2. The Bertz CT molecular complexity index is 386. The fourth-order valence-electron chi connectivity index (χ4n) is 1.12. The molecule has 0 amide bonds. The first-order valence-electron chi connectivity index (χ1n) is 6.22. The number of hydrogen-bond acceptors (Lipinski definition) is 5. The molecule has 5 nitrogen and oxygen atoms in total. The maximum absolute atomic E-state index is 10.1. The molecule has 1 heterocycles. The second-order valence-corrected chi connectivity index (χ2v) is 5.38. The van der Waals surface area contributed by atoms with E-state index in [1.54, 1.807) is 26.1 Å². The van der Waals surface area contributed by atoms with E-state index in [0.29, 0.717) is 18.4 Å². The van der Waals surface area contributed by atoms with Crippen LogP contribution in [0.25, 0.3) is 0 Å². The molecule has 0 saturated heterocycles. The van der Waals surface area contributed by atoms with Gasteiger partial charge in [0.05, 0.1) is 17.7 Å². The molecular weight excluding hydrogens is 230 g/mol. The molecule has 0 aliphatic carbocycles. The lowest BCUT2D eigenvalue weighted by Gasteiger charge is -2.37. The average molecular weight is 253 g/mol. The Morgan fingerprint density at radius 2 is 2.00 bits per heavy atom. The first-order valence-corrected chi connectivity index (χ1v) is 6.22. The highest BCUT2D eigenvalue weighted by Crippen LogP contribution is 2.24. The number of rotatable bonds is 6. The van der Waals surface area contributed by atoms with Crippen molar-refractivity contribution in [3.05, 3.63) is 12.3 Å². The number of nitrogens with zero attached hydrogens (tertiary/aromatic N) is 2. The number of nitrogens with one attached hydrogen (secondary N) is 1. The molecule has 0 aliphatic rings. The maximum atomic E-state index is 10.1. The summed E-state index contributed by atoms with van der Waals surface area (Å²) in [5, 5.41) is 13.2. The Balaban J connectivity index is 2.79. The van der Waals surface area contributed by atoms with Crippen molar-refractivity contribution in [1.82, 2.24) is 9.97 Å². The molecule has 0 unspecified atom stereocenters. The molecule has 0 saturated carbocycles. The van der Waals surface area contributed by atoms with Crippen molar-refractivity contribution >= 4 is 5.95 Å². The normalized spacial score (nSPS) is 12.3. The Hall–Kier alpha value is -1.36. The Morgan fingerprint density at radius 1 is 1.33 bits per heavy atom. The molecule has 0 radical (unpaired) electrons. The first-order chi connectivity index (χ1) is 8.26. The van der Waals surface area contributed by atoms with Crippen LogP contribution in [0, 0.1) is 0 Å². The van der Waals surface area contributed by atoms with E-state index in [0.717, 1.165) is 6.42 Å². The van der Waals surface area contributed by atoms with Crippen LogP contribution in [-0.2, 0) is 0 Å². The summed E-state index contributed by atoms with van der Waals surface area (Å²) in [6, 6.07) is 1.72. The van der Waals surface area contributed by atoms with E-state index >= 15 is 0 Å². The monoisotopic (exact) mass is 253 g/mol. The quantitative estimate of drug-likeness (QED) is 0.813. The molecule has 5 heteroatoms. The first kappa shape index (κ1) is 14.7. The van der Waals surface area contributed by atoms with Crippen molar-refractivity contribution in [2.75, 3.05) is 11.9 Å². The van der Waals surface area contributed by atoms with Crippen LogP contribution in [-0.4, -0.2) is 32.8 Å². The summed E-state index contributed by atoms with van der Waals surface area (Å²) in [7, 11) is 0. The average Bonchev–Trinajstić information content (AvgIpc) is 2.24. The van der Waals surface area contributed by atoms with Crippen molar-refractivity contribution in [2.45, 2.75) is 52.2 Å². The minimum absolute atomic E-state index is 0.454. The number of aliphatic hydroxyl groups is 1. The van der Waals surface area contributed by atoms with Gasteiger partial charge < -0.3 is 15.2 Å². The van der Waals surface area contributed by atoms with Gasteiger partial charge in [-0.05, 0) is 34.1 Å². The third kappa shape index (κ3) is 3.84. The van der Waals surface area contributed by atoms with E-state index in [1.807, 2.05) is 20.8 Å². The Kier molecular flexibility index (Phi) is 4.51. The topological polar surface area (TPSA) is 67.3 Å². The predicted molar refractivity (Wildman–Crippen MR) is 71.8 cm³/mol. The smallest absolute Gasteiger partial charge is 0.226 e. The van der Waals surface area contributed by atoms with Gasteiger partial charge in [-0.15, -0.1) is 0 Å². The second kappa shape index (κ2) is 5.52. The van der Waals surface area contributed by atoms with Gasteiger partial charge >= 0.3 is 0 Å². The maximum Gasteiger partial charge on any atom is 0.226 e. The summed E-state index contributed by atoms with van der Waals surface area (Å²) in [6.45, 7) is 9.96. The number of anilines is 1. The molecule has 0 bridgehead atoms. The standard InChI is InChI=1S/C13H23N3O2/c1-6-9-18-10-7-8-14-11(15-10)16-12(2,3)13(4,5)17/h7-8,17H,6,9H2,1-5H3,(H,14,15,16). The minimum Gasteiger partial charge on any atom is -0.478 e. The summed E-state index contributed by atoms with van der Waals surface area (Å²) >= 11 is 0. The highest BCUT2D eigenvalue weighted by atomic mass is 16.5. The van der Waals surface area contributed by atoms with Crippen molar-refractivity contribution in [2.24, 2.45) is 0 Å². The van der Waals surface area contributed by atoms with Crippen LogP contribution in [0.5, 0.6) is 5.88 Å². The molecule has 1 rings (SSSR count). The van der Waals surface area contributed by atoms with Crippen LogP contribution < -0.4 is 10.1 Å². The third-order valence-electron chi connectivity index (χ3n) is 3.04. The third-order valence-corrected chi connectivity index (χ3v) is 3.04. The highest BCUT2D eigenvalue weighted by Gasteiger charge is 2.35. The van der Waals surface area contributed by atoms with Gasteiger partial charge in [-0.1, -0.05) is 6.92 Å². The number of hydrogen-bond donors (Lipinski definition) is 2. The molecule has 0 aliphatic heterocycles. The van der Waals surface area contributed by atoms with Crippen molar-refractivity contribution < 1.29 is 9.84 Å². The van der Waals surface area contributed by atoms with Crippen LogP contribution in [0.1, 0.15) is 41.0 Å². The zero-order valence-corrected chi connectivity index (χ0v) is 11.8. The van der Waals surface area contributed by atoms with Gasteiger partial charge in [-0.2, -0.15) is 4.98 Å². The fourth-order valence-corrected chi connectivity index (χ4v) is 1.12. The summed E-state index contributed by atoms with van der Waals surface area (Å²) in [4.78, 5) is 8.39. The molecule has 102 valence electrons. The van der Waals surface area contributed by atoms with E-state index in [1.165, 1.54) is 0 Å². The van der Waals surface area contributed by atoms with Gasteiger partial charge in [-0.25, -0.2) is 4.98 Å². The Labute approximate surface area is 109 Å². The fraction of sp³-hybridized carbons (Fsp3) is 0.692. The van der Waals surface area contributed by atoms with Gasteiger partial charge in [0.1, 0.15) is 0 Å². The summed E-state index contributed by atoms with van der Waals surface area (Å²) in [5.41, 5.74) is -1.44. The molecule has 1 aromatic heterocycles. The van der Waals surface area contributed by atoms with Crippen LogP contribution >= 0.6 is 0 Å². The molecule has 0 aromatic carbocycles. The zero-order valence-electron chi connectivity index (χ0n) is 11.8. The lowest BCUT2D eigenvalue weighted by molar-refractivity contribution is 0.0236. The van der Waals surface area contributed by atoms with Gasteiger partial charge in [0.2, 0.25) is 11.8 Å². The lowest BCUT2D eigenvalue weighted by Crippen LogP contribution is -2.51. The van der Waals surface area contributed by atoms with E-state index in [9.17, 15) is 5.11 Å². The van der Waals surface area contributed by atoms with E-state index in [-0.39, 0.29) is 0 Å². The largest absolute Gasteiger partial charge is 0.478 e. The van der Waals surface area contributed by atoms with E-state index in [4.69, 9.17) is 4.74 Å². The second-order valence-electron chi connectivity index (χ2n) is 5.38. The number of ether oxygens (including phenoxy) is 1. The van der Waals surface area contributed by atoms with Gasteiger partial charge in [0.25, 0.3) is 0 Å². The van der Waals surface area contributed by atoms with Crippen LogP contribution in [0.3, 0.4) is 0 Å². The molecule has 2 N–H and O–H groups in total. The summed E-state index contributed by atoms with van der Waals surface area (Å²) < 4.78 is 5.44. The molecule has 0 fully saturated rings. The highest BCUT2D eigenvalue weighted by molar-refractivity contribution is 5.32. The van der Waals surface area contributed by atoms with Crippen molar-refractivity contribution in [3.63, 3.8) is 0 Å². The Morgan fingerprint density at radius 3 is 2.56 bits per heavy atom. The molecule has 0 atom stereocenters. The molecule has 0 spiro atoms. The van der Waals surface area contributed by atoms with Crippen LogP contribution in [0.15, 0.2) is 12.3 Å². The molecule has 1 aromatic rings.